The molecule has 0 fully saturated rings. The van der Waals surface area contributed by atoms with Crippen LogP contribution in [0.25, 0.3) is 5.70 Å². The maximum atomic E-state index is 13.4. The SMILES string of the molecule is C=CCOc1c(Cl)cc(C2C(C(=O)OC)=C(C)NC3=C2C(=O)c2ccccc23)cc1Cl. The second-order valence-corrected chi connectivity index (χ2v) is 7.98. The molecular formula is C24H19Cl2NO4. The van der Waals surface area contributed by atoms with Crippen molar-refractivity contribution < 1.29 is 19.1 Å². The van der Waals surface area contributed by atoms with E-state index in [0.29, 0.717) is 39.4 Å². The van der Waals surface area contributed by atoms with Crippen LogP contribution in [0.2, 0.25) is 10.0 Å². The molecule has 1 aliphatic carbocycles. The largest absolute Gasteiger partial charge is 0.486 e. The quantitative estimate of drug-likeness (QED) is 0.489. The molecule has 5 nitrogen and oxygen atoms in total. The Hall–Kier alpha value is -3.02. The van der Waals surface area contributed by atoms with Gasteiger partial charge in [-0.05, 0) is 24.6 Å². The van der Waals surface area contributed by atoms with Crippen molar-refractivity contribution in [1.82, 2.24) is 5.32 Å². The Labute approximate surface area is 189 Å². The van der Waals surface area contributed by atoms with Gasteiger partial charge in [-0.2, -0.15) is 0 Å². The fraction of sp³-hybridized carbons (Fsp3) is 0.167. The topological polar surface area (TPSA) is 64.6 Å². The second-order valence-electron chi connectivity index (χ2n) is 7.17. The highest BCUT2D eigenvalue weighted by atomic mass is 35.5. The highest BCUT2D eigenvalue weighted by Crippen LogP contribution is 2.48. The van der Waals surface area contributed by atoms with E-state index in [9.17, 15) is 9.59 Å². The van der Waals surface area contributed by atoms with Crippen molar-refractivity contribution in [2.24, 2.45) is 0 Å². The average Bonchev–Trinajstić information content (AvgIpc) is 3.03. The van der Waals surface area contributed by atoms with Gasteiger partial charge in [0.2, 0.25) is 0 Å². The van der Waals surface area contributed by atoms with Crippen LogP contribution in [0.5, 0.6) is 5.75 Å². The second kappa shape index (κ2) is 8.25. The number of hydrogen-bond acceptors (Lipinski definition) is 5. The van der Waals surface area contributed by atoms with Gasteiger partial charge in [0, 0.05) is 28.3 Å². The van der Waals surface area contributed by atoms with E-state index >= 15 is 0 Å². The molecule has 1 N–H and O–H groups in total. The summed E-state index contributed by atoms with van der Waals surface area (Å²) in [4.78, 5) is 26.1. The molecule has 0 bridgehead atoms. The Morgan fingerprint density at radius 1 is 1.19 bits per heavy atom. The van der Waals surface area contributed by atoms with Gasteiger partial charge < -0.3 is 14.8 Å². The van der Waals surface area contributed by atoms with Crippen LogP contribution >= 0.6 is 23.2 Å². The smallest absolute Gasteiger partial charge is 0.336 e. The Kier molecular flexibility index (Phi) is 5.65. The number of Topliss-reactive ketones (excluding diaryl/α,β-unsaturated/α-hetero) is 1. The monoisotopic (exact) mass is 455 g/mol. The van der Waals surface area contributed by atoms with Crippen molar-refractivity contribution in [2.75, 3.05) is 13.7 Å². The number of hydrogen-bond donors (Lipinski definition) is 1. The Morgan fingerprint density at radius 2 is 1.84 bits per heavy atom. The molecule has 0 aromatic heterocycles. The summed E-state index contributed by atoms with van der Waals surface area (Å²) >= 11 is 12.9. The highest BCUT2D eigenvalue weighted by Gasteiger charge is 2.43. The number of ketones is 1. The summed E-state index contributed by atoms with van der Waals surface area (Å²) in [6, 6.07) is 10.7. The molecule has 4 rings (SSSR count). The summed E-state index contributed by atoms with van der Waals surface area (Å²) in [5.41, 5.74) is 4.02. The number of carbonyl (C=O) groups is 2. The minimum absolute atomic E-state index is 0.156. The van der Waals surface area contributed by atoms with Crippen LogP contribution in [0, 0.1) is 0 Å². The number of halogens is 2. The number of dihydropyridines is 1. The third-order valence-corrected chi connectivity index (χ3v) is 5.92. The maximum Gasteiger partial charge on any atom is 0.336 e. The number of benzene rings is 2. The van der Waals surface area contributed by atoms with Crippen LogP contribution in [-0.4, -0.2) is 25.5 Å². The number of rotatable bonds is 5. The van der Waals surface area contributed by atoms with E-state index in [4.69, 9.17) is 32.7 Å². The van der Waals surface area contributed by atoms with Crippen LogP contribution in [-0.2, 0) is 9.53 Å². The zero-order valence-electron chi connectivity index (χ0n) is 16.9. The third-order valence-electron chi connectivity index (χ3n) is 5.35. The highest BCUT2D eigenvalue weighted by molar-refractivity contribution is 6.37. The summed E-state index contributed by atoms with van der Waals surface area (Å²) in [5, 5.41) is 3.78. The molecule has 2 aromatic carbocycles. The lowest BCUT2D eigenvalue weighted by Gasteiger charge is -2.29. The zero-order valence-corrected chi connectivity index (χ0v) is 18.4. The standard InChI is InChI=1S/C24H19Cl2NO4/c1-4-9-31-23-16(25)10-13(11-17(23)26)19-18(24(29)30-3)12(2)27-21-14-7-5-6-8-15(14)22(28)20(19)21/h4-8,10-11,19,27H,1,9H2,2-3H3. The van der Waals surface area contributed by atoms with Gasteiger partial charge in [0.25, 0.3) is 0 Å². The van der Waals surface area contributed by atoms with Crippen LogP contribution < -0.4 is 10.1 Å². The number of ether oxygens (including phenoxy) is 2. The lowest BCUT2D eigenvalue weighted by molar-refractivity contribution is -0.136. The van der Waals surface area contributed by atoms with Crippen LogP contribution in [0.15, 0.2) is 65.9 Å². The molecule has 1 heterocycles. The molecule has 1 aliphatic heterocycles. The van der Waals surface area contributed by atoms with Crippen molar-refractivity contribution in [1.29, 1.82) is 0 Å². The van der Waals surface area contributed by atoms with E-state index in [-0.39, 0.29) is 22.4 Å². The third kappa shape index (κ3) is 3.44. The van der Waals surface area contributed by atoms with Gasteiger partial charge in [0.05, 0.1) is 28.4 Å². The zero-order chi connectivity index (χ0) is 22.3. The normalized spacial score (nSPS) is 17.2. The molecule has 0 radical (unpaired) electrons. The molecule has 0 saturated heterocycles. The first-order valence-electron chi connectivity index (χ1n) is 9.56. The predicted molar refractivity (Wildman–Crippen MR) is 120 cm³/mol. The number of allylic oxidation sites excluding steroid dienone is 2. The van der Waals surface area contributed by atoms with E-state index in [1.807, 2.05) is 18.2 Å². The molecule has 0 spiro atoms. The summed E-state index contributed by atoms with van der Waals surface area (Å²) in [6.45, 7) is 5.63. The van der Waals surface area contributed by atoms with Gasteiger partial charge in [0.1, 0.15) is 6.61 Å². The van der Waals surface area contributed by atoms with Gasteiger partial charge >= 0.3 is 5.97 Å². The fourth-order valence-electron chi connectivity index (χ4n) is 4.07. The van der Waals surface area contributed by atoms with Gasteiger partial charge in [-0.3, -0.25) is 4.79 Å². The van der Waals surface area contributed by atoms with Crippen molar-refractivity contribution in [3.63, 3.8) is 0 Å². The van der Waals surface area contributed by atoms with Gasteiger partial charge in [0.15, 0.2) is 11.5 Å². The molecule has 2 aromatic rings. The Balaban J connectivity index is 1.92. The summed E-state index contributed by atoms with van der Waals surface area (Å²) < 4.78 is 10.6. The summed E-state index contributed by atoms with van der Waals surface area (Å²) in [5.74, 6) is -1.08. The fourth-order valence-corrected chi connectivity index (χ4v) is 4.68. The van der Waals surface area contributed by atoms with Crippen molar-refractivity contribution in [3.05, 3.63) is 92.6 Å². The molecule has 31 heavy (non-hydrogen) atoms. The van der Waals surface area contributed by atoms with E-state index in [1.165, 1.54) is 7.11 Å². The lowest BCUT2D eigenvalue weighted by atomic mass is 9.80. The minimum Gasteiger partial charge on any atom is -0.486 e. The maximum absolute atomic E-state index is 13.4. The van der Waals surface area contributed by atoms with Gasteiger partial charge in [-0.1, -0.05) is 60.1 Å². The molecular weight excluding hydrogens is 437 g/mol. The molecule has 1 unspecified atom stereocenters. The van der Waals surface area contributed by atoms with E-state index in [0.717, 1.165) is 5.56 Å². The molecule has 7 heteroatoms. The molecule has 1 atom stereocenters. The Morgan fingerprint density at radius 3 is 2.45 bits per heavy atom. The van der Waals surface area contributed by atoms with E-state index in [1.54, 1.807) is 31.2 Å². The molecule has 158 valence electrons. The first kappa shape index (κ1) is 21.2. The van der Waals surface area contributed by atoms with Crippen LogP contribution in [0.3, 0.4) is 0 Å². The van der Waals surface area contributed by atoms with Crippen molar-refractivity contribution >= 4 is 40.7 Å². The van der Waals surface area contributed by atoms with Gasteiger partial charge in [-0.15, -0.1) is 0 Å². The summed E-state index contributed by atoms with van der Waals surface area (Å²) in [6.07, 6.45) is 1.58. The Bertz CT molecular complexity index is 1170. The first-order valence-corrected chi connectivity index (χ1v) is 10.3. The van der Waals surface area contributed by atoms with E-state index < -0.39 is 11.9 Å². The first-order chi connectivity index (χ1) is 14.9. The number of esters is 1. The number of methoxy groups -OCH3 is 1. The predicted octanol–water partition coefficient (Wildman–Crippen LogP) is 5.30. The molecule has 2 aliphatic rings. The van der Waals surface area contributed by atoms with Crippen molar-refractivity contribution in [3.8, 4) is 5.75 Å². The minimum atomic E-state index is -0.702. The van der Waals surface area contributed by atoms with Crippen molar-refractivity contribution in [2.45, 2.75) is 12.8 Å². The number of carbonyl (C=O) groups excluding carboxylic acids is 2. The lowest BCUT2D eigenvalue weighted by Crippen LogP contribution is -2.29. The summed E-state index contributed by atoms with van der Waals surface area (Å²) in [7, 11) is 1.31. The number of nitrogens with one attached hydrogen (secondary N) is 1. The van der Waals surface area contributed by atoms with E-state index in [2.05, 4.69) is 11.9 Å². The molecule has 0 amide bonds. The molecule has 0 saturated carbocycles. The van der Waals surface area contributed by atoms with Crippen LogP contribution in [0.1, 0.15) is 34.3 Å². The number of fused-ring (bicyclic) bond motifs is 2. The average molecular weight is 456 g/mol. The van der Waals surface area contributed by atoms with Crippen LogP contribution in [0.4, 0.5) is 0 Å². The van der Waals surface area contributed by atoms with Gasteiger partial charge in [-0.25, -0.2) is 4.79 Å².